The first kappa shape index (κ1) is 8.61. The van der Waals surface area contributed by atoms with Gasteiger partial charge >= 0.3 is 0 Å². The highest BCUT2D eigenvalue weighted by Gasteiger charge is 2.30. The van der Waals surface area contributed by atoms with Crippen LogP contribution in [0.3, 0.4) is 0 Å². The van der Waals surface area contributed by atoms with Gasteiger partial charge in [-0.1, -0.05) is 66.8 Å². The number of nitrogens with zero attached hydrogens (tertiary/aromatic N) is 1. The molecule has 0 aromatic heterocycles. The highest BCUT2D eigenvalue weighted by atomic mass is 16.3. The van der Waals surface area contributed by atoms with Gasteiger partial charge in [0, 0.05) is 24.1 Å². The van der Waals surface area contributed by atoms with Crippen molar-refractivity contribution in [1.82, 2.24) is 4.90 Å². The number of piperidine rings is 1. The van der Waals surface area contributed by atoms with E-state index in [1.807, 2.05) is 0 Å². The minimum Gasteiger partial charge on any atom is -0.388 e. The van der Waals surface area contributed by atoms with Crippen molar-refractivity contribution in [3.05, 3.63) is 71.6 Å². The number of benzene rings is 2. The quantitative estimate of drug-likeness (QED) is 0.794. The molecule has 3 atom stereocenters. The van der Waals surface area contributed by atoms with E-state index in [9.17, 15) is 9.90 Å². The lowest BCUT2D eigenvalue weighted by Gasteiger charge is -2.40. The largest absolute Gasteiger partial charge is 0.388 e. The fourth-order valence-electron chi connectivity index (χ4n) is 3.21. The Morgan fingerprint density at radius 3 is 2.44 bits per heavy atom. The van der Waals surface area contributed by atoms with Crippen LogP contribution in [-0.2, 0) is 0 Å². The topological polar surface area (TPSA) is 40.5 Å². The van der Waals surface area contributed by atoms with Crippen LogP contribution < -0.4 is 0 Å². The fourth-order valence-corrected chi connectivity index (χ4v) is 3.21. The first-order valence-corrected chi connectivity index (χ1v) is 8.23. The minimum atomic E-state index is -2.49. The second kappa shape index (κ2) is 8.41. The normalized spacial score (nSPS) is 29.9. The molecule has 1 fully saturated rings. The molecule has 0 radical (unpaired) electrons. The molecule has 0 bridgehead atoms. The summed E-state index contributed by atoms with van der Waals surface area (Å²) in [4.78, 5) is 14.8. The van der Waals surface area contributed by atoms with Gasteiger partial charge in [-0.25, -0.2) is 0 Å². The molecule has 1 saturated heterocycles. The first-order chi connectivity index (χ1) is 16.6. The molecule has 1 aliphatic heterocycles. The van der Waals surface area contributed by atoms with Crippen molar-refractivity contribution in [2.45, 2.75) is 50.3 Å². The van der Waals surface area contributed by atoms with Crippen LogP contribution in [0.15, 0.2) is 60.4 Å². The highest BCUT2D eigenvalue weighted by molar-refractivity contribution is 5.96. The van der Waals surface area contributed by atoms with Crippen molar-refractivity contribution in [1.29, 1.82) is 0 Å². The van der Waals surface area contributed by atoms with Crippen molar-refractivity contribution in [3.8, 4) is 0 Å². The lowest BCUT2D eigenvalue weighted by atomic mass is 9.88. The fraction of sp³-hybridized carbons (Fsp3) is 0.409. The van der Waals surface area contributed by atoms with Gasteiger partial charge < -0.3 is 5.11 Å². The Morgan fingerprint density at radius 1 is 1.16 bits per heavy atom. The second-order valence-corrected chi connectivity index (χ2v) is 6.18. The third kappa shape index (κ3) is 4.56. The molecule has 0 amide bonds. The zero-order valence-corrected chi connectivity index (χ0v) is 14.0. The SMILES string of the molecule is [2H]c1c([2H])c([2H])c(C(=O)C[C@H]2CCC[C@@H](C[C@@]([2H])(O)c3c([2H])c([2H])c([2H])c([2H])c3[2H])N2C)c([2H])c1[2H]. The molecular formula is C22H27NO2. The molecule has 25 heavy (non-hydrogen) atoms. The van der Waals surface area contributed by atoms with Crippen LogP contribution in [0.1, 0.15) is 69.2 Å². The van der Waals surface area contributed by atoms with Gasteiger partial charge in [-0.3, -0.25) is 9.69 Å². The Balaban J connectivity index is 1.86. The maximum Gasteiger partial charge on any atom is 0.164 e. The summed E-state index contributed by atoms with van der Waals surface area (Å²) in [5, 5.41) is 11.0. The summed E-state index contributed by atoms with van der Waals surface area (Å²) < 4.78 is 87.4. The maximum atomic E-state index is 13.0. The molecule has 132 valence electrons. The maximum absolute atomic E-state index is 13.0. The Kier molecular flexibility index (Phi) is 2.90. The number of hydrogen-bond acceptors (Lipinski definition) is 3. The number of carbonyl (C=O) groups excluding carboxylic acids is 1. The molecule has 0 spiro atoms. The Bertz CT molecular complexity index is 1160. The van der Waals surface area contributed by atoms with Crippen molar-refractivity contribution < 1.29 is 25.0 Å². The molecule has 3 heteroatoms. The van der Waals surface area contributed by atoms with Crippen molar-refractivity contribution in [2.24, 2.45) is 0 Å². The van der Waals surface area contributed by atoms with E-state index in [1.165, 1.54) is 0 Å². The van der Waals surface area contributed by atoms with Crippen LogP contribution in [0, 0.1) is 0 Å². The van der Waals surface area contributed by atoms with Crippen LogP contribution in [0.2, 0.25) is 0 Å². The summed E-state index contributed by atoms with van der Waals surface area (Å²) in [6.45, 7) is 0. The summed E-state index contributed by atoms with van der Waals surface area (Å²) in [7, 11) is 1.68. The van der Waals surface area contributed by atoms with Gasteiger partial charge in [-0.2, -0.15) is 0 Å². The lowest BCUT2D eigenvalue weighted by Crippen LogP contribution is -2.45. The molecule has 3 rings (SSSR count). The number of likely N-dealkylation sites (tertiary alicyclic amines) is 1. The van der Waals surface area contributed by atoms with E-state index in [0.717, 1.165) is 0 Å². The van der Waals surface area contributed by atoms with Gasteiger partial charge in [0.15, 0.2) is 5.78 Å². The van der Waals surface area contributed by atoms with E-state index in [-0.39, 0.29) is 18.4 Å². The molecular weight excluding hydrogens is 310 g/mol. The number of Topliss-reactive ketones (excluding diaryl/α,β-unsaturated/α-hetero) is 1. The molecule has 3 nitrogen and oxygen atoms in total. The average molecular weight is 349 g/mol. The van der Waals surface area contributed by atoms with E-state index in [0.29, 0.717) is 19.3 Å². The lowest BCUT2D eigenvalue weighted by molar-refractivity contribution is 0.0549. The van der Waals surface area contributed by atoms with Crippen LogP contribution in [0.4, 0.5) is 0 Å². The number of carbonyl (C=O) groups is 1. The van der Waals surface area contributed by atoms with Gasteiger partial charge in [0.05, 0.1) is 21.2 Å². The van der Waals surface area contributed by atoms with Crippen molar-refractivity contribution in [2.75, 3.05) is 7.05 Å². The minimum absolute atomic E-state index is 0.147. The van der Waals surface area contributed by atoms with Gasteiger partial charge in [-0.05, 0) is 31.9 Å². The van der Waals surface area contributed by atoms with E-state index in [2.05, 4.69) is 0 Å². The van der Waals surface area contributed by atoms with Gasteiger partial charge in [0.1, 0.15) is 0 Å². The first-order valence-electron chi connectivity index (χ1n) is 13.7. The van der Waals surface area contributed by atoms with Gasteiger partial charge in [0.25, 0.3) is 0 Å². The third-order valence-corrected chi connectivity index (χ3v) is 4.64. The summed E-state index contributed by atoms with van der Waals surface area (Å²) in [5.74, 6) is -0.615. The van der Waals surface area contributed by atoms with Crippen LogP contribution in [-0.4, -0.2) is 34.9 Å². The van der Waals surface area contributed by atoms with Crippen LogP contribution in [0.25, 0.3) is 0 Å². The molecule has 2 aromatic carbocycles. The monoisotopic (exact) mass is 348 g/mol. The molecule has 0 aliphatic carbocycles. The standard InChI is InChI=1S/C22H27NO2/c1-23-19(15-21(24)17-9-4-2-5-10-17)13-8-14-20(23)16-22(25)18-11-6-3-7-12-18/h2-7,9-12,19-21,24H,8,13-16H2,1H3/t19-,20+,21+/m0/s1/i2D,3D,4D,5D,6D,7D,9D,10D,11D,12D,21D. The van der Waals surface area contributed by atoms with Crippen LogP contribution >= 0.6 is 0 Å². The molecule has 1 N–H and O–H groups in total. The zero-order valence-electron chi connectivity index (χ0n) is 25.0. The predicted octanol–water partition coefficient (Wildman–Crippen LogP) is 4.24. The highest BCUT2D eigenvalue weighted by Crippen LogP contribution is 2.30. The van der Waals surface area contributed by atoms with Crippen LogP contribution in [0.5, 0.6) is 0 Å². The summed E-state index contributed by atoms with van der Waals surface area (Å²) >= 11 is 0. The number of ketones is 1. The summed E-state index contributed by atoms with van der Waals surface area (Å²) in [6.07, 6.45) is -1.23. The molecule has 0 saturated carbocycles. The predicted molar refractivity (Wildman–Crippen MR) is 101 cm³/mol. The number of rotatable bonds is 6. The molecule has 2 aromatic rings. The van der Waals surface area contributed by atoms with Gasteiger partial charge in [-0.15, -0.1) is 0 Å². The Hall–Kier alpha value is -1.97. The molecule has 1 heterocycles. The average Bonchev–Trinajstić information content (AvgIpc) is 2.81. The summed E-state index contributed by atoms with van der Waals surface area (Å²) in [5.41, 5.74) is -0.896. The zero-order chi connectivity index (χ0) is 27.3. The summed E-state index contributed by atoms with van der Waals surface area (Å²) in [6, 6.07) is -6.99. The van der Waals surface area contributed by atoms with Crippen molar-refractivity contribution >= 4 is 5.78 Å². The third-order valence-electron chi connectivity index (χ3n) is 4.64. The second-order valence-electron chi connectivity index (χ2n) is 6.18. The van der Waals surface area contributed by atoms with E-state index in [1.54, 1.807) is 11.9 Å². The van der Waals surface area contributed by atoms with Gasteiger partial charge in [0.2, 0.25) is 0 Å². The number of hydrogen-bond donors (Lipinski definition) is 1. The number of aliphatic hydroxyl groups is 1. The molecule has 0 unspecified atom stereocenters. The van der Waals surface area contributed by atoms with Crippen molar-refractivity contribution in [3.63, 3.8) is 0 Å². The van der Waals surface area contributed by atoms with E-state index in [4.69, 9.17) is 15.1 Å². The van der Waals surface area contributed by atoms with E-state index < -0.39 is 89.9 Å². The Morgan fingerprint density at radius 2 is 1.76 bits per heavy atom. The smallest absolute Gasteiger partial charge is 0.164 e. The Labute approximate surface area is 165 Å². The van der Waals surface area contributed by atoms with E-state index >= 15 is 0 Å². The molecule has 1 aliphatic rings.